The van der Waals surface area contributed by atoms with Crippen molar-refractivity contribution in [2.45, 2.75) is 32.2 Å². The van der Waals surface area contributed by atoms with Gasteiger partial charge in [0.15, 0.2) is 0 Å². The molecular weight excluding hydrogens is 300 g/mol. The van der Waals surface area contributed by atoms with Crippen LogP contribution in [0.1, 0.15) is 36.9 Å². The Morgan fingerprint density at radius 3 is 2.46 bits per heavy atom. The summed E-state index contributed by atoms with van der Waals surface area (Å²) in [6.07, 6.45) is 1.88. The van der Waals surface area contributed by atoms with Gasteiger partial charge in [0.1, 0.15) is 0 Å². The van der Waals surface area contributed by atoms with Crippen molar-refractivity contribution in [3.05, 3.63) is 65.7 Å². The summed E-state index contributed by atoms with van der Waals surface area (Å²) in [4.78, 5) is 25.8. The molecule has 1 fully saturated rings. The Morgan fingerprint density at radius 2 is 1.83 bits per heavy atom. The topological polar surface area (TPSA) is 49.4 Å². The first-order valence-corrected chi connectivity index (χ1v) is 8.37. The molecule has 1 N–H and O–H groups in total. The highest BCUT2D eigenvalue weighted by Crippen LogP contribution is 2.21. The van der Waals surface area contributed by atoms with E-state index in [-0.39, 0.29) is 17.9 Å². The van der Waals surface area contributed by atoms with Gasteiger partial charge in [0.2, 0.25) is 11.8 Å². The molecule has 0 saturated carbocycles. The first-order valence-electron chi connectivity index (χ1n) is 8.37. The summed E-state index contributed by atoms with van der Waals surface area (Å²) < 4.78 is 0. The van der Waals surface area contributed by atoms with E-state index >= 15 is 0 Å². The molecule has 0 spiro atoms. The van der Waals surface area contributed by atoms with Crippen LogP contribution in [0.4, 0.5) is 5.69 Å². The largest absolute Gasteiger partial charge is 0.349 e. The van der Waals surface area contributed by atoms with Gasteiger partial charge >= 0.3 is 0 Å². The van der Waals surface area contributed by atoms with Gasteiger partial charge in [0.25, 0.3) is 0 Å². The Labute approximate surface area is 142 Å². The number of nitrogens with zero attached hydrogens (tertiary/aromatic N) is 1. The fourth-order valence-corrected chi connectivity index (χ4v) is 3.02. The molecule has 0 radical (unpaired) electrons. The van der Waals surface area contributed by atoms with Crippen molar-refractivity contribution >= 4 is 17.5 Å². The number of hydrogen-bond acceptors (Lipinski definition) is 2. The SMILES string of the molecule is CC(NC(=O)Cc1ccc(N2CCCC2=O)cc1)c1ccccc1. The standard InChI is InChI=1S/C20H22N2O2/c1-15(17-6-3-2-4-7-17)21-19(23)14-16-9-11-18(12-10-16)22-13-5-8-20(22)24/h2-4,6-7,9-12,15H,5,8,13-14H2,1H3,(H,21,23). The van der Waals surface area contributed by atoms with E-state index in [1.807, 2.05) is 61.5 Å². The molecule has 1 aliphatic rings. The van der Waals surface area contributed by atoms with Crippen molar-refractivity contribution in [2.24, 2.45) is 0 Å². The van der Waals surface area contributed by atoms with E-state index in [9.17, 15) is 9.59 Å². The molecule has 1 saturated heterocycles. The van der Waals surface area contributed by atoms with Gasteiger partial charge in [0, 0.05) is 18.7 Å². The van der Waals surface area contributed by atoms with Crippen molar-refractivity contribution in [3.8, 4) is 0 Å². The predicted octanol–water partition coefficient (Wildman–Crippen LogP) is 3.23. The van der Waals surface area contributed by atoms with Crippen molar-refractivity contribution in [1.29, 1.82) is 0 Å². The van der Waals surface area contributed by atoms with Crippen LogP contribution >= 0.6 is 0 Å². The summed E-state index contributed by atoms with van der Waals surface area (Å²) in [5.74, 6) is 0.175. The van der Waals surface area contributed by atoms with Crippen LogP contribution in [-0.4, -0.2) is 18.4 Å². The molecule has 2 aromatic carbocycles. The zero-order valence-corrected chi connectivity index (χ0v) is 13.9. The van der Waals surface area contributed by atoms with Gasteiger partial charge in [-0.2, -0.15) is 0 Å². The van der Waals surface area contributed by atoms with E-state index < -0.39 is 0 Å². The van der Waals surface area contributed by atoms with Crippen LogP contribution in [-0.2, 0) is 16.0 Å². The van der Waals surface area contributed by atoms with E-state index in [4.69, 9.17) is 0 Å². The minimum Gasteiger partial charge on any atom is -0.349 e. The Bertz CT molecular complexity index is 710. The van der Waals surface area contributed by atoms with Crippen LogP contribution < -0.4 is 10.2 Å². The van der Waals surface area contributed by atoms with Crippen LogP contribution in [0.3, 0.4) is 0 Å². The molecule has 0 aliphatic carbocycles. The molecule has 24 heavy (non-hydrogen) atoms. The third-order valence-corrected chi connectivity index (χ3v) is 4.36. The van der Waals surface area contributed by atoms with E-state index in [2.05, 4.69) is 5.32 Å². The lowest BCUT2D eigenvalue weighted by Gasteiger charge is -2.16. The zero-order valence-electron chi connectivity index (χ0n) is 13.9. The summed E-state index contributed by atoms with van der Waals surface area (Å²) in [7, 11) is 0. The molecule has 1 atom stereocenters. The van der Waals surface area contributed by atoms with E-state index in [1.165, 1.54) is 0 Å². The average Bonchev–Trinajstić information content (AvgIpc) is 3.02. The van der Waals surface area contributed by atoms with Crippen molar-refractivity contribution in [1.82, 2.24) is 5.32 Å². The summed E-state index contributed by atoms with van der Waals surface area (Å²) in [5, 5.41) is 3.02. The van der Waals surface area contributed by atoms with Gasteiger partial charge in [-0.15, -0.1) is 0 Å². The fourth-order valence-electron chi connectivity index (χ4n) is 3.02. The van der Waals surface area contributed by atoms with E-state index in [1.54, 1.807) is 4.90 Å². The maximum Gasteiger partial charge on any atom is 0.227 e. The highest BCUT2D eigenvalue weighted by atomic mass is 16.2. The van der Waals surface area contributed by atoms with Gasteiger partial charge < -0.3 is 10.2 Å². The lowest BCUT2D eigenvalue weighted by Crippen LogP contribution is -2.28. The van der Waals surface area contributed by atoms with Gasteiger partial charge in [-0.05, 0) is 36.6 Å². The van der Waals surface area contributed by atoms with Crippen molar-refractivity contribution in [3.63, 3.8) is 0 Å². The van der Waals surface area contributed by atoms with Crippen LogP contribution in [0.25, 0.3) is 0 Å². The molecular formula is C20H22N2O2. The van der Waals surface area contributed by atoms with Gasteiger partial charge in [-0.1, -0.05) is 42.5 Å². The maximum atomic E-state index is 12.2. The Morgan fingerprint density at radius 1 is 1.12 bits per heavy atom. The second-order valence-electron chi connectivity index (χ2n) is 6.19. The molecule has 2 amide bonds. The second-order valence-corrected chi connectivity index (χ2v) is 6.19. The molecule has 1 unspecified atom stereocenters. The van der Waals surface area contributed by atoms with Crippen molar-refractivity contribution < 1.29 is 9.59 Å². The Hall–Kier alpha value is -2.62. The minimum absolute atomic E-state index is 0.00338. The molecule has 124 valence electrons. The molecule has 0 bridgehead atoms. The highest BCUT2D eigenvalue weighted by molar-refractivity contribution is 5.95. The average molecular weight is 322 g/mol. The molecule has 1 heterocycles. The normalized spacial score (nSPS) is 15.4. The molecule has 4 heteroatoms. The quantitative estimate of drug-likeness (QED) is 0.919. The van der Waals surface area contributed by atoms with Crippen molar-refractivity contribution in [2.75, 3.05) is 11.4 Å². The maximum absolute atomic E-state index is 12.2. The summed E-state index contributed by atoms with van der Waals surface area (Å²) in [6, 6.07) is 17.6. The molecule has 0 aromatic heterocycles. The van der Waals surface area contributed by atoms with Crippen LogP contribution in [0.5, 0.6) is 0 Å². The Balaban J connectivity index is 1.57. The van der Waals surface area contributed by atoms with Crippen LogP contribution in [0, 0.1) is 0 Å². The number of amides is 2. The smallest absolute Gasteiger partial charge is 0.227 e. The van der Waals surface area contributed by atoms with E-state index in [0.29, 0.717) is 12.8 Å². The highest BCUT2D eigenvalue weighted by Gasteiger charge is 2.21. The monoisotopic (exact) mass is 322 g/mol. The number of carbonyl (C=O) groups is 2. The number of anilines is 1. The van der Waals surface area contributed by atoms with Crippen LogP contribution in [0.15, 0.2) is 54.6 Å². The second kappa shape index (κ2) is 7.30. The predicted molar refractivity (Wildman–Crippen MR) is 94.7 cm³/mol. The number of carbonyl (C=O) groups excluding carboxylic acids is 2. The summed E-state index contributed by atoms with van der Waals surface area (Å²) >= 11 is 0. The molecule has 4 nitrogen and oxygen atoms in total. The zero-order chi connectivity index (χ0) is 16.9. The number of rotatable bonds is 5. The van der Waals surface area contributed by atoms with E-state index in [0.717, 1.165) is 29.8 Å². The number of nitrogens with one attached hydrogen (secondary N) is 1. The summed E-state index contributed by atoms with van der Waals surface area (Å²) in [5.41, 5.74) is 2.95. The fraction of sp³-hybridized carbons (Fsp3) is 0.300. The summed E-state index contributed by atoms with van der Waals surface area (Å²) in [6.45, 7) is 2.77. The number of benzene rings is 2. The molecule has 2 aromatic rings. The lowest BCUT2D eigenvalue weighted by molar-refractivity contribution is -0.121. The third kappa shape index (κ3) is 3.82. The lowest BCUT2D eigenvalue weighted by atomic mass is 10.1. The minimum atomic E-state index is -0.0137. The van der Waals surface area contributed by atoms with Gasteiger partial charge in [-0.3, -0.25) is 9.59 Å². The number of hydrogen-bond donors (Lipinski definition) is 1. The first kappa shape index (κ1) is 16.2. The Kier molecular flexibility index (Phi) is 4.94. The molecule has 3 rings (SSSR count). The van der Waals surface area contributed by atoms with Crippen LogP contribution in [0.2, 0.25) is 0 Å². The first-order chi connectivity index (χ1) is 11.6. The van der Waals surface area contributed by atoms with Gasteiger partial charge in [-0.25, -0.2) is 0 Å². The van der Waals surface area contributed by atoms with Gasteiger partial charge in [0.05, 0.1) is 12.5 Å². The third-order valence-electron chi connectivity index (χ3n) is 4.36. The molecule has 1 aliphatic heterocycles.